The van der Waals surface area contributed by atoms with Crippen LogP contribution in [0.1, 0.15) is 9.75 Å². The third kappa shape index (κ3) is 3.14. The summed E-state index contributed by atoms with van der Waals surface area (Å²) >= 11 is 5.38. The Labute approximate surface area is 131 Å². The molecule has 0 unspecified atom stereocenters. The SMILES string of the molecule is Cc1ccc(CNCCn2ccc3cc(Br)ccc32)s1. The van der Waals surface area contributed by atoms with Crippen LogP contribution in [0.3, 0.4) is 0 Å². The van der Waals surface area contributed by atoms with E-state index in [1.165, 1.54) is 20.7 Å². The molecule has 3 rings (SSSR count). The zero-order valence-corrected chi connectivity index (χ0v) is 13.8. The Balaban J connectivity index is 1.57. The van der Waals surface area contributed by atoms with Crippen LogP contribution in [0.5, 0.6) is 0 Å². The highest BCUT2D eigenvalue weighted by Crippen LogP contribution is 2.20. The molecule has 0 spiro atoms. The van der Waals surface area contributed by atoms with Crippen LogP contribution in [0.25, 0.3) is 10.9 Å². The summed E-state index contributed by atoms with van der Waals surface area (Å²) in [6, 6.07) is 13.0. The minimum Gasteiger partial charge on any atom is -0.346 e. The van der Waals surface area contributed by atoms with Crippen molar-refractivity contribution in [1.82, 2.24) is 9.88 Å². The quantitative estimate of drug-likeness (QED) is 0.668. The van der Waals surface area contributed by atoms with Crippen LogP contribution < -0.4 is 5.32 Å². The van der Waals surface area contributed by atoms with Crippen molar-refractivity contribution in [2.24, 2.45) is 0 Å². The second kappa shape index (κ2) is 6.12. The summed E-state index contributed by atoms with van der Waals surface area (Å²) in [5.74, 6) is 0. The van der Waals surface area contributed by atoms with Gasteiger partial charge in [-0.25, -0.2) is 0 Å². The van der Waals surface area contributed by atoms with Gasteiger partial charge in [-0.1, -0.05) is 15.9 Å². The number of benzene rings is 1. The van der Waals surface area contributed by atoms with E-state index < -0.39 is 0 Å². The Morgan fingerprint density at radius 3 is 2.90 bits per heavy atom. The van der Waals surface area contributed by atoms with Crippen LogP contribution in [-0.4, -0.2) is 11.1 Å². The second-order valence-corrected chi connectivity index (χ2v) is 7.19. The normalized spacial score (nSPS) is 11.3. The molecule has 2 aromatic heterocycles. The van der Waals surface area contributed by atoms with Crippen molar-refractivity contribution < 1.29 is 0 Å². The average Bonchev–Trinajstić information content (AvgIpc) is 3.01. The number of aromatic nitrogens is 1. The number of nitrogens with one attached hydrogen (secondary N) is 1. The van der Waals surface area contributed by atoms with Crippen LogP contribution in [0.4, 0.5) is 0 Å². The van der Waals surface area contributed by atoms with Crippen molar-refractivity contribution >= 4 is 38.2 Å². The summed E-state index contributed by atoms with van der Waals surface area (Å²) < 4.78 is 3.43. The molecule has 4 heteroatoms. The molecule has 2 nitrogen and oxygen atoms in total. The first-order valence-electron chi connectivity index (χ1n) is 6.73. The van der Waals surface area contributed by atoms with E-state index in [9.17, 15) is 0 Å². The molecular weight excluding hydrogens is 332 g/mol. The minimum atomic E-state index is 0.962. The van der Waals surface area contributed by atoms with E-state index >= 15 is 0 Å². The maximum Gasteiger partial charge on any atom is 0.0481 e. The van der Waals surface area contributed by atoms with Crippen molar-refractivity contribution in [2.45, 2.75) is 20.0 Å². The number of aryl methyl sites for hydroxylation is 1. The van der Waals surface area contributed by atoms with E-state index in [1.54, 1.807) is 0 Å². The van der Waals surface area contributed by atoms with Crippen molar-refractivity contribution in [3.63, 3.8) is 0 Å². The number of halogens is 1. The average molecular weight is 349 g/mol. The Morgan fingerprint density at radius 1 is 1.20 bits per heavy atom. The van der Waals surface area contributed by atoms with Crippen LogP contribution in [0, 0.1) is 6.92 Å². The van der Waals surface area contributed by atoms with Crippen LogP contribution in [0.15, 0.2) is 47.1 Å². The molecule has 0 aliphatic heterocycles. The molecule has 0 aliphatic rings. The van der Waals surface area contributed by atoms with E-state index in [-0.39, 0.29) is 0 Å². The van der Waals surface area contributed by atoms with E-state index in [0.717, 1.165) is 24.1 Å². The molecule has 2 heterocycles. The fourth-order valence-corrected chi connectivity index (χ4v) is 3.60. The molecule has 0 fully saturated rings. The van der Waals surface area contributed by atoms with E-state index in [2.05, 4.69) is 75.3 Å². The molecular formula is C16H17BrN2S. The van der Waals surface area contributed by atoms with Gasteiger partial charge in [0.2, 0.25) is 0 Å². The van der Waals surface area contributed by atoms with Gasteiger partial charge < -0.3 is 9.88 Å². The first kappa shape index (κ1) is 13.9. The highest BCUT2D eigenvalue weighted by atomic mass is 79.9. The van der Waals surface area contributed by atoms with Gasteiger partial charge in [-0.15, -0.1) is 11.3 Å². The molecule has 104 valence electrons. The molecule has 20 heavy (non-hydrogen) atoms. The highest BCUT2D eigenvalue weighted by Gasteiger charge is 2.01. The third-order valence-corrected chi connectivity index (χ3v) is 4.85. The standard InChI is InChI=1S/C16H17BrN2S/c1-12-2-4-15(20-12)11-18-7-9-19-8-6-13-10-14(17)3-5-16(13)19/h2-6,8,10,18H,7,9,11H2,1H3. The molecule has 0 saturated heterocycles. The number of thiophene rings is 1. The molecule has 0 bridgehead atoms. The van der Waals surface area contributed by atoms with Crippen molar-refractivity contribution in [2.75, 3.05) is 6.54 Å². The summed E-state index contributed by atoms with van der Waals surface area (Å²) in [6.07, 6.45) is 2.16. The molecule has 0 aliphatic carbocycles. The minimum absolute atomic E-state index is 0.962. The lowest BCUT2D eigenvalue weighted by molar-refractivity contribution is 0.613. The number of hydrogen-bond acceptors (Lipinski definition) is 2. The molecule has 0 atom stereocenters. The molecule has 1 N–H and O–H groups in total. The molecule has 3 aromatic rings. The van der Waals surface area contributed by atoms with E-state index in [1.807, 2.05) is 11.3 Å². The summed E-state index contributed by atoms with van der Waals surface area (Å²) in [7, 11) is 0. The third-order valence-electron chi connectivity index (χ3n) is 3.36. The summed E-state index contributed by atoms with van der Waals surface area (Å²) in [6.45, 7) is 5.09. The summed E-state index contributed by atoms with van der Waals surface area (Å²) in [5.41, 5.74) is 1.29. The second-order valence-electron chi connectivity index (χ2n) is 4.90. The van der Waals surface area contributed by atoms with Gasteiger partial charge in [0, 0.05) is 51.0 Å². The maximum atomic E-state index is 3.51. The lowest BCUT2D eigenvalue weighted by Crippen LogP contribution is -2.18. The topological polar surface area (TPSA) is 17.0 Å². The highest BCUT2D eigenvalue weighted by molar-refractivity contribution is 9.10. The van der Waals surface area contributed by atoms with E-state index in [4.69, 9.17) is 0 Å². The Bertz CT molecular complexity index is 714. The van der Waals surface area contributed by atoms with Crippen molar-refractivity contribution in [3.05, 3.63) is 56.8 Å². The van der Waals surface area contributed by atoms with Crippen LogP contribution >= 0.6 is 27.3 Å². The smallest absolute Gasteiger partial charge is 0.0481 e. The summed E-state index contributed by atoms with van der Waals surface area (Å²) in [4.78, 5) is 2.78. The van der Waals surface area contributed by atoms with Gasteiger partial charge in [-0.3, -0.25) is 0 Å². The number of nitrogens with zero attached hydrogens (tertiary/aromatic N) is 1. The van der Waals surface area contributed by atoms with Gasteiger partial charge in [0.05, 0.1) is 0 Å². The first-order valence-corrected chi connectivity index (χ1v) is 8.34. The zero-order valence-electron chi connectivity index (χ0n) is 11.4. The molecule has 1 aromatic carbocycles. The van der Waals surface area contributed by atoms with Gasteiger partial charge in [0.1, 0.15) is 0 Å². The monoisotopic (exact) mass is 348 g/mol. The zero-order chi connectivity index (χ0) is 13.9. The van der Waals surface area contributed by atoms with Gasteiger partial charge in [-0.2, -0.15) is 0 Å². The largest absolute Gasteiger partial charge is 0.346 e. The lowest BCUT2D eigenvalue weighted by Gasteiger charge is -2.06. The maximum absolute atomic E-state index is 3.51. The van der Waals surface area contributed by atoms with Crippen LogP contribution in [0.2, 0.25) is 0 Å². The van der Waals surface area contributed by atoms with Crippen LogP contribution in [-0.2, 0) is 13.1 Å². The van der Waals surface area contributed by atoms with Crippen molar-refractivity contribution in [3.8, 4) is 0 Å². The predicted octanol–water partition coefficient (Wildman–Crippen LogP) is 4.56. The first-order chi connectivity index (χ1) is 9.72. The number of fused-ring (bicyclic) bond motifs is 1. The Kier molecular flexibility index (Phi) is 4.24. The summed E-state index contributed by atoms with van der Waals surface area (Å²) in [5, 5.41) is 4.80. The molecule has 0 radical (unpaired) electrons. The van der Waals surface area contributed by atoms with E-state index in [0.29, 0.717) is 0 Å². The van der Waals surface area contributed by atoms with Gasteiger partial charge in [-0.05, 0) is 43.3 Å². The van der Waals surface area contributed by atoms with Gasteiger partial charge in [0.25, 0.3) is 0 Å². The van der Waals surface area contributed by atoms with Gasteiger partial charge in [0.15, 0.2) is 0 Å². The number of rotatable bonds is 5. The fraction of sp³-hybridized carbons (Fsp3) is 0.250. The number of hydrogen-bond donors (Lipinski definition) is 1. The molecule has 0 amide bonds. The molecule has 0 saturated carbocycles. The van der Waals surface area contributed by atoms with Crippen molar-refractivity contribution in [1.29, 1.82) is 0 Å². The predicted molar refractivity (Wildman–Crippen MR) is 90.4 cm³/mol. The van der Waals surface area contributed by atoms with Gasteiger partial charge >= 0.3 is 0 Å². The Hall–Kier alpha value is -1.10. The lowest BCUT2D eigenvalue weighted by atomic mass is 10.2. The Morgan fingerprint density at radius 2 is 2.10 bits per heavy atom. The fourth-order valence-electron chi connectivity index (χ4n) is 2.36.